The number of ether oxygens (including phenoxy) is 1. The molecule has 0 spiro atoms. The van der Waals surface area contributed by atoms with Crippen LogP contribution in [-0.2, 0) is 6.18 Å². The Morgan fingerprint density at radius 2 is 1.66 bits per heavy atom. The summed E-state index contributed by atoms with van der Waals surface area (Å²) in [7, 11) is 0. The van der Waals surface area contributed by atoms with E-state index in [9.17, 15) is 22.4 Å². The summed E-state index contributed by atoms with van der Waals surface area (Å²) in [5, 5.41) is 4.67. The van der Waals surface area contributed by atoms with Crippen molar-refractivity contribution in [3.63, 3.8) is 0 Å². The van der Waals surface area contributed by atoms with Gasteiger partial charge in [-0.15, -0.1) is 0 Å². The first-order valence-electron chi connectivity index (χ1n) is 11.1. The van der Waals surface area contributed by atoms with Gasteiger partial charge in [0.25, 0.3) is 0 Å². The van der Waals surface area contributed by atoms with E-state index >= 15 is 0 Å². The summed E-state index contributed by atoms with van der Waals surface area (Å²) in [5.41, 5.74) is 1.67. The van der Waals surface area contributed by atoms with E-state index in [1.54, 1.807) is 42.9 Å². The van der Waals surface area contributed by atoms with Crippen LogP contribution in [0.25, 0.3) is 22.3 Å². The molecular weight excluding hydrogens is 502 g/mol. The number of halogens is 4. The first-order chi connectivity index (χ1) is 18.2. The van der Waals surface area contributed by atoms with E-state index in [1.807, 2.05) is 6.07 Å². The smallest absolute Gasteiger partial charge is 0.416 e. The minimum absolute atomic E-state index is 0.0659. The summed E-state index contributed by atoms with van der Waals surface area (Å²) in [4.78, 5) is 25.3. The van der Waals surface area contributed by atoms with Gasteiger partial charge in [0.2, 0.25) is 0 Å². The van der Waals surface area contributed by atoms with Crippen molar-refractivity contribution in [1.82, 2.24) is 15.0 Å². The third kappa shape index (κ3) is 5.67. The predicted octanol–water partition coefficient (Wildman–Crippen LogP) is 7.29. The number of carbonyl (C=O) groups excluding carboxylic acids is 1. The van der Waals surface area contributed by atoms with E-state index < -0.39 is 23.6 Å². The van der Waals surface area contributed by atoms with Crippen molar-refractivity contribution >= 4 is 28.4 Å². The number of hydrogen-bond acceptors (Lipinski definition) is 5. The number of hydrogen-bond donors (Lipinski definition) is 2. The molecule has 0 bridgehead atoms. The molecule has 3 aromatic carbocycles. The second-order valence-corrected chi connectivity index (χ2v) is 8.05. The minimum Gasteiger partial charge on any atom is -0.454 e. The van der Waals surface area contributed by atoms with Crippen LogP contribution in [0.1, 0.15) is 5.56 Å². The molecular formula is C27H17F4N5O2. The molecule has 38 heavy (non-hydrogen) atoms. The van der Waals surface area contributed by atoms with E-state index in [4.69, 9.17) is 4.74 Å². The number of benzene rings is 3. The molecule has 0 fully saturated rings. The van der Waals surface area contributed by atoms with Crippen LogP contribution < -0.4 is 15.4 Å². The summed E-state index contributed by atoms with van der Waals surface area (Å²) < 4.78 is 59.0. The van der Waals surface area contributed by atoms with Crippen LogP contribution in [0.4, 0.5) is 33.7 Å². The van der Waals surface area contributed by atoms with E-state index in [0.717, 1.165) is 23.8 Å². The molecule has 11 heteroatoms. The fraction of sp³-hybridized carbons (Fsp3) is 0.0370. The molecule has 0 unspecified atom stereocenters. The van der Waals surface area contributed by atoms with Crippen molar-refractivity contribution in [2.24, 2.45) is 0 Å². The first kappa shape index (κ1) is 24.6. The average Bonchev–Trinajstić information content (AvgIpc) is 2.90. The van der Waals surface area contributed by atoms with Gasteiger partial charge in [0.15, 0.2) is 11.6 Å². The monoisotopic (exact) mass is 519 g/mol. The highest BCUT2D eigenvalue weighted by Gasteiger charge is 2.30. The Labute approximate surface area is 213 Å². The summed E-state index contributed by atoms with van der Waals surface area (Å²) >= 11 is 0. The second-order valence-electron chi connectivity index (χ2n) is 8.05. The number of carbonyl (C=O) groups is 1. The lowest BCUT2D eigenvalue weighted by atomic mass is 10.2. The van der Waals surface area contributed by atoms with Gasteiger partial charge in [-0.1, -0.05) is 6.07 Å². The van der Waals surface area contributed by atoms with Crippen LogP contribution in [0.3, 0.4) is 0 Å². The van der Waals surface area contributed by atoms with Crippen molar-refractivity contribution in [1.29, 1.82) is 0 Å². The van der Waals surface area contributed by atoms with Crippen LogP contribution >= 0.6 is 0 Å². The van der Waals surface area contributed by atoms with Gasteiger partial charge < -0.3 is 15.4 Å². The summed E-state index contributed by atoms with van der Waals surface area (Å²) in [6.45, 7) is 0. The molecule has 5 rings (SSSR count). The molecule has 2 heterocycles. The van der Waals surface area contributed by atoms with E-state index in [1.165, 1.54) is 24.3 Å². The number of anilines is 2. The molecule has 0 radical (unpaired) electrons. The molecule has 2 amide bonds. The Kier molecular flexibility index (Phi) is 6.56. The summed E-state index contributed by atoms with van der Waals surface area (Å²) in [5.74, 6) is -0.557. The topological polar surface area (TPSA) is 89.0 Å². The van der Waals surface area contributed by atoms with Crippen LogP contribution in [0.2, 0.25) is 0 Å². The van der Waals surface area contributed by atoms with Gasteiger partial charge in [-0.25, -0.2) is 14.2 Å². The Hall–Kier alpha value is -5.06. The summed E-state index contributed by atoms with van der Waals surface area (Å²) in [6, 6.07) is 15.6. The Balaban J connectivity index is 1.28. The van der Waals surface area contributed by atoms with Crippen molar-refractivity contribution in [3.05, 3.63) is 103 Å². The number of amides is 2. The van der Waals surface area contributed by atoms with Crippen LogP contribution in [0.15, 0.2) is 91.4 Å². The van der Waals surface area contributed by atoms with Crippen LogP contribution in [0.5, 0.6) is 11.5 Å². The zero-order chi connectivity index (χ0) is 26.7. The number of nitrogens with zero attached hydrogens (tertiary/aromatic N) is 3. The maximum absolute atomic E-state index is 14.7. The molecule has 0 aliphatic rings. The number of rotatable bonds is 5. The third-order valence-electron chi connectivity index (χ3n) is 5.34. The number of alkyl halides is 3. The zero-order valence-electron chi connectivity index (χ0n) is 19.3. The molecule has 0 aliphatic heterocycles. The fourth-order valence-electron chi connectivity index (χ4n) is 3.56. The molecule has 190 valence electrons. The molecule has 0 aliphatic carbocycles. The quantitative estimate of drug-likeness (QED) is 0.238. The number of urea groups is 1. The molecule has 7 nitrogen and oxygen atoms in total. The first-order valence-corrected chi connectivity index (χ1v) is 11.1. The normalized spacial score (nSPS) is 11.3. The Bertz CT molecular complexity index is 1630. The van der Waals surface area contributed by atoms with Gasteiger partial charge in [0.05, 0.1) is 28.5 Å². The number of fused-ring (bicyclic) bond motifs is 1. The van der Waals surface area contributed by atoms with Crippen LogP contribution in [-0.4, -0.2) is 21.0 Å². The second kappa shape index (κ2) is 10.1. The number of aromatic nitrogens is 3. The molecule has 5 aromatic rings. The zero-order valence-corrected chi connectivity index (χ0v) is 19.3. The molecule has 2 aromatic heterocycles. The maximum Gasteiger partial charge on any atom is 0.416 e. The highest BCUT2D eigenvalue weighted by atomic mass is 19.4. The lowest BCUT2D eigenvalue weighted by Crippen LogP contribution is -2.20. The predicted molar refractivity (Wildman–Crippen MR) is 133 cm³/mol. The standard InChI is InChI=1S/C27H17F4N5O2/c28-21-12-19(35-26(37)34-18-5-1-4-17(11-18)27(29,30)31)6-9-25(21)38-20-7-8-22-23(13-20)36-24(15-33-22)16-3-2-10-32-14-16/h1-15H,(H2,34,35,37). The average molecular weight is 519 g/mol. The Morgan fingerprint density at radius 3 is 2.39 bits per heavy atom. The minimum atomic E-state index is -4.55. The van der Waals surface area contributed by atoms with Gasteiger partial charge in [0.1, 0.15) is 5.75 Å². The van der Waals surface area contributed by atoms with Gasteiger partial charge in [-0.2, -0.15) is 13.2 Å². The van der Waals surface area contributed by atoms with Crippen molar-refractivity contribution in [3.8, 4) is 22.8 Å². The molecule has 0 saturated heterocycles. The third-order valence-corrected chi connectivity index (χ3v) is 5.34. The lowest BCUT2D eigenvalue weighted by Gasteiger charge is -2.12. The van der Waals surface area contributed by atoms with Gasteiger partial charge in [0, 0.05) is 41.5 Å². The van der Waals surface area contributed by atoms with E-state index in [2.05, 4.69) is 25.6 Å². The van der Waals surface area contributed by atoms with Gasteiger partial charge in [-0.05, 0) is 54.6 Å². The van der Waals surface area contributed by atoms with Crippen molar-refractivity contribution < 1.29 is 27.1 Å². The Morgan fingerprint density at radius 1 is 0.842 bits per heavy atom. The molecule has 0 saturated carbocycles. The molecule has 0 atom stereocenters. The van der Waals surface area contributed by atoms with Gasteiger partial charge in [-0.3, -0.25) is 9.97 Å². The van der Waals surface area contributed by atoms with Gasteiger partial charge >= 0.3 is 12.2 Å². The lowest BCUT2D eigenvalue weighted by molar-refractivity contribution is -0.137. The van der Waals surface area contributed by atoms with Crippen LogP contribution in [0, 0.1) is 5.82 Å². The largest absolute Gasteiger partial charge is 0.454 e. The number of nitrogens with one attached hydrogen (secondary N) is 2. The fourth-order valence-corrected chi connectivity index (χ4v) is 3.56. The van der Waals surface area contributed by atoms with Crippen molar-refractivity contribution in [2.45, 2.75) is 6.18 Å². The highest BCUT2D eigenvalue weighted by Crippen LogP contribution is 2.31. The molecule has 2 N–H and O–H groups in total. The maximum atomic E-state index is 14.7. The van der Waals surface area contributed by atoms with E-state index in [0.29, 0.717) is 22.5 Å². The number of pyridine rings is 1. The van der Waals surface area contributed by atoms with E-state index in [-0.39, 0.29) is 17.1 Å². The SMILES string of the molecule is O=C(Nc1cccc(C(F)(F)F)c1)Nc1ccc(Oc2ccc3ncc(-c4cccnc4)nc3c2)c(F)c1. The van der Waals surface area contributed by atoms with Crippen molar-refractivity contribution in [2.75, 3.05) is 10.6 Å². The summed E-state index contributed by atoms with van der Waals surface area (Å²) in [6.07, 6.45) is 0.407. The highest BCUT2D eigenvalue weighted by molar-refractivity contribution is 5.99.